The topological polar surface area (TPSA) is 69.6 Å². The van der Waals surface area contributed by atoms with Gasteiger partial charge in [0.1, 0.15) is 0 Å². The second-order valence-electron chi connectivity index (χ2n) is 10.5. The maximum absolute atomic E-state index is 11.7. The first-order chi connectivity index (χ1) is 16.7. The third-order valence-corrected chi connectivity index (χ3v) is 7.00. The lowest BCUT2D eigenvalue weighted by Crippen LogP contribution is -2.24. The van der Waals surface area contributed by atoms with E-state index in [9.17, 15) is 9.90 Å². The fourth-order valence-corrected chi connectivity index (χ4v) is 4.64. The molecule has 1 amide bonds. The van der Waals surface area contributed by atoms with Gasteiger partial charge in [0.2, 0.25) is 5.91 Å². The van der Waals surface area contributed by atoms with Gasteiger partial charge in [-0.1, -0.05) is 142 Å². The minimum absolute atomic E-state index is 0.0636. The van der Waals surface area contributed by atoms with Crippen molar-refractivity contribution in [1.82, 2.24) is 5.32 Å². The Morgan fingerprint density at radius 2 is 0.941 bits per heavy atom. The Morgan fingerprint density at radius 3 is 1.29 bits per heavy atom. The van der Waals surface area contributed by atoms with Gasteiger partial charge in [0.15, 0.2) is 0 Å². The molecule has 0 aliphatic heterocycles. The highest BCUT2D eigenvalue weighted by Crippen LogP contribution is 2.15. The van der Waals surface area contributed by atoms with Crippen LogP contribution in [0.5, 0.6) is 0 Å². The molecule has 0 spiro atoms. The zero-order chi connectivity index (χ0) is 25.0. The van der Waals surface area contributed by atoms with Crippen LogP contribution in [-0.2, 0) is 4.79 Å². The second-order valence-corrected chi connectivity index (χ2v) is 10.5. The van der Waals surface area contributed by atoms with Gasteiger partial charge in [-0.05, 0) is 19.3 Å². The van der Waals surface area contributed by atoms with Gasteiger partial charge in [0.05, 0.1) is 12.7 Å². The van der Waals surface area contributed by atoms with Crippen LogP contribution in [0.25, 0.3) is 0 Å². The molecule has 0 radical (unpaired) electrons. The zero-order valence-electron chi connectivity index (χ0n) is 23.0. The molecule has 0 unspecified atom stereocenters. The predicted molar refractivity (Wildman–Crippen MR) is 147 cm³/mol. The summed E-state index contributed by atoms with van der Waals surface area (Å²) in [7, 11) is 0. The van der Waals surface area contributed by atoms with Crippen LogP contribution in [0.2, 0.25) is 0 Å². The molecule has 4 nitrogen and oxygen atoms in total. The summed E-state index contributed by atoms with van der Waals surface area (Å²) in [6, 6.07) is 0. The van der Waals surface area contributed by atoms with Gasteiger partial charge in [0.25, 0.3) is 0 Å². The number of carbonyl (C=O) groups is 1. The lowest BCUT2D eigenvalue weighted by molar-refractivity contribution is -0.121. The van der Waals surface area contributed by atoms with Crippen LogP contribution in [0.15, 0.2) is 0 Å². The molecule has 0 aliphatic carbocycles. The molecule has 0 bridgehead atoms. The monoisotopic (exact) mass is 483 g/mol. The standard InChI is InChI=1S/C30H61NO3/c1-2-3-4-5-6-7-8-9-10-11-12-13-14-15-16-17-18-19-20-21-22-23-27-31-30(34)26-24-25-29(33)28-32/h29,32-33H,2-28H2,1H3,(H,31,34)/t29-/m0/s1. The number of aliphatic hydroxyl groups excluding tert-OH is 2. The molecular weight excluding hydrogens is 422 g/mol. The van der Waals surface area contributed by atoms with Crippen molar-refractivity contribution in [2.45, 2.75) is 174 Å². The van der Waals surface area contributed by atoms with E-state index in [0.29, 0.717) is 19.3 Å². The molecule has 0 saturated heterocycles. The molecule has 0 aliphatic rings. The van der Waals surface area contributed by atoms with Crippen LogP contribution < -0.4 is 5.32 Å². The first-order valence-electron chi connectivity index (χ1n) is 15.3. The molecule has 0 saturated carbocycles. The van der Waals surface area contributed by atoms with Crippen LogP contribution in [0.1, 0.15) is 167 Å². The number of amides is 1. The highest BCUT2D eigenvalue weighted by atomic mass is 16.3. The van der Waals surface area contributed by atoms with Crippen molar-refractivity contribution < 1.29 is 15.0 Å². The van der Waals surface area contributed by atoms with Gasteiger partial charge in [0, 0.05) is 13.0 Å². The number of aliphatic hydroxyl groups is 2. The van der Waals surface area contributed by atoms with Crippen molar-refractivity contribution >= 4 is 5.91 Å². The normalized spacial score (nSPS) is 12.2. The van der Waals surface area contributed by atoms with E-state index in [1.54, 1.807) is 0 Å². The van der Waals surface area contributed by atoms with Gasteiger partial charge >= 0.3 is 0 Å². The summed E-state index contributed by atoms with van der Waals surface area (Å²) in [5.41, 5.74) is 0. The number of hydrogen-bond donors (Lipinski definition) is 3. The minimum atomic E-state index is -0.688. The first kappa shape index (κ1) is 33.4. The lowest BCUT2D eigenvalue weighted by atomic mass is 10.0. The summed E-state index contributed by atoms with van der Waals surface area (Å²) in [6.45, 7) is 2.83. The summed E-state index contributed by atoms with van der Waals surface area (Å²) < 4.78 is 0. The number of hydrogen-bond acceptors (Lipinski definition) is 3. The highest BCUT2D eigenvalue weighted by molar-refractivity contribution is 5.75. The molecule has 4 heteroatoms. The van der Waals surface area contributed by atoms with E-state index in [2.05, 4.69) is 12.2 Å². The number of unbranched alkanes of at least 4 members (excludes halogenated alkanes) is 21. The van der Waals surface area contributed by atoms with Crippen molar-refractivity contribution in [3.63, 3.8) is 0 Å². The largest absolute Gasteiger partial charge is 0.394 e. The Labute approximate surface area is 213 Å². The minimum Gasteiger partial charge on any atom is -0.394 e. The Balaban J connectivity index is 3.11. The van der Waals surface area contributed by atoms with Crippen LogP contribution in [0, 0.1) is 0 Å². The van der Waals surface area contributed by atoms with E-state index in [-0.39, 0.29) is 12.5 Å². The van der Waals surface area contributed by atoms with Crippen LogP contribution in [-0.4, -0.2) is 35.4 Å². The maximum atomic E-state index is 11.7. The van der Waals surface area contributed by atoms with Gasteiger partial charge in [-0.25, -0.2) is 0 Å². The molecule has 34 heavy (non-hydrogen) atoms. The fourth-order valence-electron chi connectivity index (χ4n) is 4.64. The Bertz CT molecular complexity index is 403. The van der Waals surface area contributed by atoms with E-state index in [4.69, 9.17) is 5.11 Å². The first-order valence-corrected chi connectivity index (χ1v) is 15.3. The third kappa shape index (κ3) is 27.6. The van der Waals surface area contributed by atoms with Crippen molar-refractivity contribution in [3.8, 4) is 0 Å². The molecule has 204 valence electrons. The number of nitrogens with one attached hydrogen (secondary N) is 1. The lowest BCUT2D eigenvalue weighted by Gasteiger charge is -2.07. The molecule has 0 aromatic carbocycles. The smallest absolute Gasteiger partial charge is 0.219 e. The fraction of sp³-hybridized carbons (Fsp3) is 0.967. The van der Waals surface area contributed by atoms with Gasteiger partial charge in [-0.15, -0.1) is 0 Å². The number of carbonyl (C=O) groups excluding carboxylic acids is 1. The van der Waals surface area contributed by atoms with Crippen LogP contribution in [0.3, 0.4) is 0 Å². The molecule has 0 aromatic rings. The molecule has 1 atom stereocenters. The highest BCUT2D eigenvalue weighted by Gasteiger charge is 2.05. The maximum Gasteiger partial charge on any atom is 0.219 e. The van der Waals surface area contributed by atoms with Crippen molar-refractivity contribution in [1.29, 1.82) is 0 Å². The molecule has 0 fully saturated rings. The Morgan fingerprint density at radius 1 is 0.588 bits per heavy atom. The molecule has 3 N–H and O–H groups in total. The van der Waals surface area contributed by atoms with E-state index in [1.807, 2.05) is 0 Å². The Kier molecular flexibility index (Phi) is 28.1. The van der Waals surface area contributed by atoms with Crippen molar-refractivity contribution in [2.75, 3.05) is 13.2 Å². The summed E-state index contributed by atoms with van der Waals surface area (Å²) in [5.74, 6) is 0.0636. The van der Waals surface area contributed by atoms with E-state index in [0.717, 1.165) is 13.0 Å². The van der Waals surface area contributed by atoms with Gasteiger partial charge in [-0.3, -0.25) is 4.79 Å². The quantitative estimate of drug-likeness (QED) is 0.0981. The second kappa shape index (κ2) is 28.6. The molecule has 0 heterocycles. The van der Waals surface area contributed by atoms with Crippen LogP contribution >= 0.6 is 0 Å². The molecule has 0 aromatic heterocycles. The van der Waals surface area contributed by atoms with Crippen LogP contribution in [0.4, 0.5) is 0 Å². The zero-order valence-corrected chi connectivity index (χ0v) is 23.0. The molecule has 0 rings (SSSR count). The summed E-state index contributed by atoms with van der Waals surface area (Å²) in [6.07, 6.45) is 31.5. The molecular formula is C30H61NO3. The SMILES string of the molecule is CCCCCCCCCCCCCCCCCCCCCCCCNC(=O)CCC[C@H](O)CO. The van der Waals surface area contributed by atoms with Crippen molar-refractivity contribution in [3.05, 3.63) is 0 Å². The average Bonchev–Trinajstić information content (AvgIpc) is 2.84. The number of rotatable bonds is 28. The summed E-state index contributed by atoms with van der Waals surface area (Å²) in [4.78, 5) is 11.7. The van der Waals surface area contributed by atoms with Crippen molar-refractivity contribution in [2.24, 2.45) is 0 Å². The predicted octanol–water partition coefficient (Wildman–Crippen LogP) is 8.23. The summed E-state index contributed by atoms with van der Waals surface area (Å²) >= 11 is 0. The van der Waals surface area contributed by atoms with Gasteiger partial charge in [-0.2, -0.15) is 0 Å². The Hall–Kier alpha value is -0.610. The third-order valence-electron chi connectivity index (χ3n) is 7.00. The summed E-state index contributed by atoms with van der Waals surface area (Å²) in [5, 5.41) is 21.0. The van der Waals surface area contributed by atoms with E-state index in [1.165, 1.54) is 135 Å². The van der Waals surface area contributed by atoms with Gasteiger partial charge < -0.3 is 15.5 Å². The average molecular weight is 484 g/mol. The van der Waals surface area contributed by atoms with E-state index < -0.39 is 6.10 Å². The van der Waals surface area contributed by atoms with E-state index >= 15 is 0 Å².